The minimum atomic E-state index is -0.308. The number of hydrogen-bond donors (Lipinski definition) is 2. The molecule has 1 aromatic carbocycles. The van der Waals surface area contributed by atoms with Crippen molar-refractivity contribution < 1.29 is 4.79 Å². The zero-order valence-electron chi connectivity index (χ0n) is 11.9. The molecule has 0 radical (unpaired) electrons. The second-order valence-electron chi connectivity index (χ2n) is 4.74. The second-order valence-corrected chi connectivity index (χ2v) is 4.74. The summed E-state index contributed by atoms with van der Waals surface area (Å²) < 4.78 is 0. The van der Waals surface area contributed by atoms with Gasteiger partial charge in [-0.05, 0) is 49.2 Å². The van der Waals surface area contributed by atoms with Crippen molar-refractivity contribution in [3.05, 3.63) is 59.4 Å². The van der Waals surface area contributed by atoms with E-state index in [1.807, 2.05) is 26.0 Å². The smallest absolute Gasteiger partial charge is 0.319 e. The number of anilines is 1. The third kappa shape index (κ3) is 3.80. The maximum Gasteiger partial charge on any atom is 0.319 e. The van der Waals surface area contributed by atoms with Crippen LogP contribution in [0.25, 0.3) is 0 Å². The van der Waals surface area contributed by atoms with Gasteiger partial charge in [0.2, 0.25) is 0 Å². The molecule has 0 aliphatic heterocycles. The van der Waals surface area contributed by atoms with E-state index in [-0.39, 0.29) is 12.1 Å². The highest BCUT2D eigenvalue weighted by molar-refractivity contribution is 5.90. The summed E-state index contributed by atoms with van der Waals surface area (Å²) in [5.41, 5.74) is 3.02. The summed E-state index contributed by atoms with van der Waals surface area (Å²) >= 11 is 0. The third-order valence-corrected chi connectivity index (χ3v) is 3.17. The highest BCUT2D eigenvalue weighted by Crippen LogP contribution is 2.17. The van der Waals surface area contributed by atoms with Crippen LogP contribution in [-0.4, -0.2) is 11.0 Å². The average Bonchev–Trinajstić information content (AvgIpc) is 2.50. The van der Waals surface area contributed by atoms with Crippen molar-refractivity contribution in [2.24, 2.45) is 0 Å². The molecule has 1 heterocycles. The van der Waals surface area contributed by atoms with Crippen LogP contribution in [0, 0.1) is 18.3 Å². The molecule has 2 aromatic rings. The van der Waals surface area contributed by atoms with Gasteiger partial charge in [-0.2, -0.15) is 5.26 Å². The number of benzene rings is 1. The average molecular weight is 280 g/mol. The van der Waals surface area contributed by atoms with Crippen molar-refractivity contribution >= 4 is 11.7 Å². The minimum Gasteiger partial charge on any atom is -0.331 e. The largest absolute Gasteiger partial charge is 0.331 e. The first-order valence-electron chi connectivity index (χ1n) is 6.58. The fraction of sp³-hybridized carbons (Fsp3) is 0.188. The molecule has 2 amide bonds. The van der Waals surface area contributed by atoms with Gasteiger partial charge < -0.3 is 10.6 Å². The van der Waals surface area contributed by atoms with Crippen LogP contribution in [0.5, 0.6) is 0 Å². The number of amides is 2. The zero-order valence-corrected chi connectivity index (χ0v) is 11.9. The van der Waals surface area contributed by atoms with Crippen LogP contribution in [0.3, 0.4) is 0 Å². The Balaban J connectivity index is 2.04. The van der Waals surface area contributed by atoms with Crippen molar-refractivity contribution in [3.8, 4) is 6.07 Å². The fourth-order valence-electron chi connectivity index (χ4n) is 1.92. The molecule has 0 saturated carbocycles. The summed E-state index contributed by atoms with van der Waals surface area (Å²) in [4.78, 5) is 16.0. The molecule has 106 valence electrons. The number of pyridine rings is 1. The Morgan fingerprint density at radius 1 is 1.29 bits per heavy atom. The van der Waals surface area contributed by atoms with Crippen molar-refractivity contribution in [3.63, 3.8) is 0 Å². The van der Waals surface area contributed by atoms with Crippen molar-refractivity contribution in [2.75, 3.05) is 5.32 Å². The summed E-state index contributed by atoms with van der Waals surface area (Å²) in [5, 5.41) is 14.5. The Morgan fingerprint density at radius 2 is 2.00 bits per heavy atom. The molecule has 0 saturated heterocycles. The summed E-state index contributed by atoms with van der Waals surface area (Å²) in [6.07, 6.45) is 3.37. The molecule has 1 aromatic heterocycles. The zero-order chi connectivity index (χ0) is 15.2. The number of nitrogens with zero attached hydrogens (tertiary/aromatic N) is 2. The predicted octanol–water partition coefficient (Wildman–Crippen LogP) is 3.14. The molecule has 2 rings (SSSR count). The van der Waals surface area contributed by atoms with Gasteiger partial charge in [0.25, 0.3) is 0 Å². The predicted molar refractivity (Wildman–Crippen MR) is 80.7 cm³/mol. The van der Waals surface area contributed by atoms with Gasteiger partial charge in [0.15, 0.2) is 0 Å². The topological polar surface area (TPSA) is 77.8 Å². The highest BCUT2D eigenvalue weighted by Gasteiger charge is 2.10. The van der Waals surface area contributed by atoms with Gasteiger partial charge in [-0.15, -0.1) is 0 Å². The lowest BCUT2D eigenvalue weighted by molar-refractivity contribution is 0.249. The van der Waals surface area contributed by atoms with E-state index in [9.17, 15) is 4.79 Å². The monoisotopic (exact) mass is 280 g/mol. The first kappa shape index (κ1) is 14.5. The van der Waals surface area contributed by atoms with Gasteiger partial charge in [-0.1, -0.05) is 6.07 Å². The molecule has 0 aliphatic carbocycles. The quantitative estimate of drug-likeness (QED) is 0.906. The summed E-state index contributed by atoms with van der Waals surface area (Å²) in [6.45, 7) is 3.77. The molecule has 0 aliphatic rings. The van der Waals surface area contributed by atoms with Crippen LogP contribution in [0.2, 0.25) is 0 Å². The summed E-state index contributed by atoms with van der Waals surface area (Å²) in [5.74, 6) is 0. The number of rotatable bonds is 3. The normalized spacial score (nSPS) is 11.3. The van der Waals surface area contributed by atoms with Gasteiger partial charge in [0, 0.05) is 18.1 Å². The summed E-state index contributed by atoms with van der Waals surface area (Å²) in [7, 11) is 0. The minimum absolute atomic E-state index is 0.132. The number of nitriles is 1. The number of nitrogens with one attached hydrogen (secondary N) is 2. The number of carbonyl (C=O) groups excluding carboxylic acids is 1. The third-order valence-electron chi connectivity index (χ3n) is 3.17. The molecule has 0 fully saturated rings. The number of hydrogen-bond acceptors (Lipinski definition) is 3. The molecule has 5 nitrogen and oxygen atoms in total. The van der Waals surface area contributed by atoms with Gasteiger partial charge in [-0.25, -0.2) is 4.79 Å². The van der Waals surface area contributed by atoms with E-state index >= 15 is 0 Å². The standard InChI is InChI=1S/C16H16N4O/c1-11-3-4-13(10-17)9-15(11)20-16(21)19-12(2)14-5-7-18-8-6-14/h3-9,12H,1-2H3,(H2,19,20,21)/t12-/m1/s1. The number of aromatic nitrogens is 1. The lowest BCUT2D eigenvalue weighted by Crippen LogP contribution is -2.31. The van der Waals surface area contributed by atoms with E-state index in [2.05, 4.69) is 21.7 Å². The maximum atomic E-state index is 12.0. The SMILES string of the molecule is Cc1ccc(C#N)cc1NC(=O)N[C@H](C)c1ccncc1. The fourth-order valence-corrected chi connectivity index (χ4v) is 1.92. The molecule has 0 spiro atoms. The maximum absolute atomic E-state index is 12.0. The van der Waals surface area contributed by atoms with E-state index in [4.69, 9.17) is 5.26 Å². The van der Waals surface area contributed by atoms with E-state index in [0.29, 0.717) is 11.3 Å². The van der Waals surface area contributed by atoms with E-state index in [1.165, 1.54) is 0 Å². The molecule has 2 N–H and O–H groups in total. The molecular weight excluding hydrogens is 264 g/mol. The molecule has 1 atom stereocenters. The van der Waals surface area contributed by atoms with Crippen LogP contribution in [0.4, 0.5) is 10.5 Å². The van der Waals surface area contributed by atoms with Crippen molar-refractivity contribution in [2.45, 2.75) is 19.9 Å². The van der Waals surface area contributed by atoms with Crippen LogP contribution in [-0.2, 0) is 0 Å². The molecule has 0 bridgehead atoms. The number of carbonyl (C=O) groups is 1. The molecule has 5 heteroatoms. The van der Waals surface area contributed by atoms with Crippen LogP contribution >= 0.6 is 0 Å². The van der Waals surface area contributed by atoms with Crippen molar-refractivity contribution in [1.82, 2.24) is 10.3 Å². The van der Waals surface area contributed by atoms with Gasteiger partial charge in [0.1, 0.15) is 0 Å². The first-order valence-corrected chi connectivity index (χ1v) is 6.58. The highest BCUT2D eigenvalue weighted by atomic mass is 16.2. The second kappa shape index (κ2) is 6.53. The lowest BCUT2D eigenvalue weighted by atomic mass is 10.1. The Hall–Kier alpha value is -2.87. The van der Waals surface area contributed by atoms with Crippen LogP contribution < -0.4 is 10.6 Å². The Bertz CT molecular complexity index is 676. The summed E-state index contributed by atoms with van der Waals surface area (Å²) in [6, 6.07) is 10.5. The van der Waals surface area contributed by atoms with Crippen molar-refractivity contribution in [1.29, 1.82) is 5.26 Å². The number of aryl methyl sites for hydroxylation is 1. The van der Waals surface area contributed by atoms with Gasteiger partial charge in [-0.3, -0.25) is 4.98 Å². The molecule has 0 unspecified atom stereocenters. The van der Waals surface area contributed by atoms with Crippen LogP contribution in [0.1, 0.15) is 29.7 Å². The van der Waals surface area contributed by atoms with Gasteiger partial charge in [0.05, 0.1) is 17.7 Å². The van der Waals surface area contributed by atoms with Gasteiger partial charge >= 0.3 is 6.03 Å². The Labute approximate surface area is 123 Å². The van der Waals surface area contributed by atoms with Crippen LogP contribution in [0.15, 0.2) is 42.7 Å². The van der Waals surface area contributed by atoms with E-state index < -0.39 is 0 Å². The van der Waals surface area contributed by atoms with E-state index in [0.717, 1.165) is 11.1 Å². The van der Waals surface area contributed by atoms with E-state index in [1.54, 1.807) is 30.6 Å². The molecular formula is C16H16N4O. The number of urea groups is 1. The first-order chi connectivity index (χ1) is 10.1. The molecule has 21 heavy (non-hydrogen) atoms. The Morgan fingerprint density at radius 3 is 2.67 bits per heavy atom. The lowest BCUT2D eigenvalue weighted by Gasteiger charge is -2.15. The Kier molecular flexibility index (Phi) is 4.52.